The van der Waals surface area contributed by atoms with E-state index in [4.69, 9.17) is 37.8 Å². The van der Waals surface area contributed by atoms with E-state index in [-0.39, 0.29) is 38.2 Å². The van der Waals surface area contributed by atoms with Crippen molar-refractivity contribution < 1.29 is 35.9 Å². The quantitative estimate of drug-likeness (QED) is 0.152. The van der Waals surface area contributed by atoms with Crippen LogP contribution in [0.2, 0.25) is 5.15 Å². The molecule has 14 nitrogen and oxygen atoms in total. The molecule has 59 heavy (non-hydrogen) atoms. The number of carbonyl (C=O) groups excluding carboxylic acids is 2. The second-order valence-corrected chi connectivity index (χ2v) is 21.5. The van der Waals surface area contributed by atoms with Crippen molar-refractivity contribution in [3.8, 4) is 24.2 Å². The highest BCUT2D eigenvalue weighted by Gasteiger charge is 2.43. The van der Waals surface area contributed by atoms with Gasteiger partial charge in [-0.15, -0.1) is 12.3 Å². The second kappa shape index (κ2) is 21.0. The number of sulfonamides is 2. The lowest BCUT2D eigenvalue weighted by molar-refractivity contribution is 0.0118. The number of carbonyl (C=O) groups is 2. The van der Waals surface area contributed by atoms with Crippen LogP contribution in [0.4, 0.5) is 9.59 Å². The molecule has 2 saturated heterocycles. The summed E-state index contributed by atoms with van der Waals surface area (Å²) in [6.45, 7) is 21.2. The summed E-state index contributed by atoms with van der Waals surface area (Å²) in [7, 11) is -7.38. The van der Waals surface area contributed by atoms with Crippen LogP contribution in [0, 0.1) is 36.0 Å². The maximum Gasteiger partial charge on any atom is 0.410 e. The molecular formula is C42H63ClN6O8S2. The van der Waals surface area contributed by atoms with Gasteiger partial charge in [0.2, 0.25) is 20.0 Å². The van der Waals surface area contributed by atoms with Crippen molar-refractivity contribution >= 4 is 43.8 Å². The summed E-state index contributed by atoms with van der Waals surface area (Å²) in [6, 6.07) is 5.61. The Kier molecular flexibility index (Phi) is 18.3. The van der Waals surface area contributed by atoms with E-state index in [9.17, 15) is 26.4 Å². The highest BCUT2D eigenvalue weighted by Crippen LogP contribution is 2.37. The summed E-state index contributed by atoms with van der Waals surface area (Å²) in [4.78, 5) is 35.9. The van der Waals surface area contributed by atoms with Crippen molar-refractivity contribution in [2.45, 2.75) is 153 Å². The number of hydrogen-bond acceptors (Lipinski definition) is 10. The van der Waals surface area contributed by atoms with Gasteiger partial charge in [-0.05, 0) is 150 Å². The van der Waals surface area contributed by atoms with Crippen LogP contribution in [0.1, 0.15) is 126 Å². The normalized spacial score (nSPS) is 18.5. The Morgan fingerprint density at radius 3 is 1.56 bits per heavy atom. The first-order valence-electron chi connectivity index (χ1n) is 19.5. The lowest BCUT2D eigenvalue weighted by Crippen LogP contribution is -2.45. The lowest BCUT2D eigenvalue weighted by atomic mass is 9.93. The molecule has 2 aliphatic heterocycles. The van der Waals surface area contributed by atoms with Crippen LogP contribution >= 0.6 is 11.6 Å². The van der Waals surface area contributed by atoms with Crippen LogP contribution in [-0.4, -0.2) is 84.2 Å². The minimum Gasteiger partial charge on any atom is -0.444 e. The molecule has 0 aromatic carbocycles. The fourth-order valence-electron chi connectivity index (χ4n) is 6.72. The SMILES string of the molecule is C#CCCCC1CN(C(=O)OC(C)(C)C)C(C)(C)C1.CC(C)(C)OC(=O)N1CC(CCCC#Cc2ccc(S(N)(=O)=O)cn2)CC1(C)C.NS(=O)(=O)c1ccc(Cl)nc1. The first-order chi connectivity index (χ1) is 26.9. The van der Waals surface area contributed by atoms with Crippen LogP contribution in [-0.2, 0) is 29.5 Å². The molecule has 2 aliphatic rings. The van der Waals surface area contributed by atoms with E-state index in [0.717, 1.165) is 57.7 Å². The van der Waals surface area contributed by atoms with Crippen LogP contribution in [0.15, 0.2) is 46.5 Å². The molecule has 2 amide bonds. The maximum atomic E-state index is 12.5. The third-order valence-electron chi connectivity index (χ3n) is 9.30. The van der Waals surface area contributed by atoms with Crippen LogP contribution in [0.25, 0.3) is 0 Å². The third kappa shape index (κ3) is 18.5. The van der Waals surface area contributed by atoms with E-state index in [1.807, 2.05) is 51.3 Å². The van der Waals surface area contributed by atoms with Gasteiger partial charge in [0.1, 0.15) is 31.8 Å². The van der Waals surface area contributed by atoms with Crippen molar-refractivity contribution in [2.24, 2.45) is 22.1 Å². The first-order valence-corrected chi connectivity index (χ1v) is 23.0. The Morgan fingerprint density at radius 1 is 0.780 bits per heavy atom. The van der Waals surface area contributed by atoms with E-state index >= 15 is 0 Å². The molecule has 17 heteroatoms. The number of pyridine rings is 2. The van der Waals surface area contributed by atoms with Crippen molar-refractivity contribution in [2.75, 3.05) is 13.1 Å². The van der Waals surface area contributed by atoms with E-state index < -0.39 is 31.2 Å². The molecule has 328 valence electrons. The molecule has 4 N–H and O–H groups in total. The molecule has 2 fully saturated rings. The lowest BCUT2D eigenvalue weighted by Gasteiger charge is -2.33. The molecule has 2 unspecified atom stereocenters. The largest absolute Gasteiger partial charge is 0.444 e. The van der Waals surface area contributed by atoms with Gasteiger partial charge < -0.3 is 19.3 Å². The Hall–Kier alpha value is -3.93. The molecule has 0 spiro atoms. The van der Waals surface area contributed by atoms with E-state index in [1.54, 1.807) is 6.07 Å². The number of nitrogens with two attached hydrogens (primary N) is 2. The van der Waals surface area contributed by atoms with Gasteiger partial charge >= 0.3 is 12.2 Å². The van der Waals surface area contributed by atoms with Crippen molar-refractivity contribution in [3.05, 3.63) is 47.5 Å². The summed E-state index contributed by atoms with van der Waals surface area (Å²) in [6.07, 6.45) is 14.7. The minimum absolute atomic E-state index is 0.0264. The summed E-state index contributed by atoms with van der Waals surface area (Å²) in [5, 5.41) is 10.1. The van der Waals surface area contributed by atoms with E-state index in [0.29, 0.717) is 30.5 Å². The molecule has 0 saturated carbocycles. The number of halogens is 1. The van der Waals surface area contributed by atoms with Gasteiger partial charge in [0.25, 0.3) is 0 Å². The monoisotopic (exact) mass is 878 g/mol. The smallest absolute Gasteiger partial charge is 0.410 e. The average molecular weight is 880 g/mol. The molecule has 0 aliphatic carbocycles. The number of amides is 2. The molecule has 2 aromatic heterocycles. The van der Waals surface area contributed by atoms with Gasteiger partial charge in [0.15, 0.2) is 0 Å². The van der Waals surface area contributed by atoms with Crippen molar-refractivity contribution in [1.29, 1.82) is 0 Å². The predicted octanol–water partition coefficient (Wildman–Crippen LogP) is 7.49. The van der Waals surface area contributed by atoms with Gasteiger partial charge in [-0.2, -0.15) is 0 Å². The minimum atomic E-state index is -3.74. The molecular weight excluding hydrogens is 816 g/mol. The molecule has 2 aromatic rings. The fourth-order valence-corrected chi connectivity index (χ4v) is 7.74. The second-order valence-electron chi connectivity index (χ2n) is 18.0. The van der Waals surface area contributed by atoms with Gasteiger partial charge in [0, 0.05) is 49.4 Å². The molecule has 0 bridgehead atoms. The zero-order chi connectivity index (χ0) is 45.0. The maximum absolute atomic E-state index is 12.5. The number of primary sulfonamides is 2. The highest BCUT2D eigenvalue weighted by molar-refractivity contribution is 7.89. The zero-order valence-electron chi connectivity index (χ0n) is 36.2. The molecule has 0 radical (unpaired) electrons. The first kappa shape index (κ1) is 51.2. The number of nitrogens with zero attached hydrogens (tertiary/aromatic N) is 4. The van der Waals surface area contributed by atoms with Gasteiger partial charge in [-0.3, -0.25) is 0 Å². The van der Waals surface area contributed by atoms with Crippen LogP contribution in [0.3, 0.4) is 0 Å². The van der Waals surface area contributed by atoms with Crippen molar-refractivity contribution in [3.63, 3.8) is 0 Å². The predicted molar refractivity (Wildman–Crippen MR) is 230 cm³/mol. The number of ether oxygens (including phenoxy) is 2. The number of unbranched alkanes of at least 4 members (excludes halogenated alkanes) is 2. The highest BCUT2D eigenvalue weighted by atomic mass is 35.5. The number of rotatable bonds is 8. The molecule has 4 heterocycles. The topological polar surface area (TPSA) is 205 Å². The number of aromatic nitrogens is 2. The van der Waals surface area contributed by atoms with Gasteiger partial charge in [-0.25, -0.2) is 46.7 Å². The van der Waals surface area contributed by atoms with Crippen LogP contribution in [0.5, 0.6) is 0 Å². The van der Waals surface area contributed by atoms with E-state index in [1.165, 1.54) is 24.4 Å². The number of likely N-dealkylation sites (tertiary alicyclic amines) is 2. The summed E-state index contributed by atoms with van der Waals surface area (Å²) in [5.41, 5.74) is -0.761. The molecule has 2 atom stereocenters. The Bertz CT molecular complexity index is 2040. The fraction of sp³-hybridized carbons (Fsp3) is 0.619. The number of terminal acetylenes is 1. The third-order valence-corrected chi connectivity index (χ3v) is 11.3. The summed E-state index contributed by atoms with van der Waals surface area (Å²) < 4.78 is 54.7. The Balaban J connectivity index is 0.000000341. The summed E-state index contributed by atoms with van der Waals surface area (Å²) >= 11 is 5.42. The Labute approximate surface area is 357 Å². The van der Waals surface area contributed by atoms with Crippen LogP contribution < -0.4 is 10.3 Å². The standard InChI is InChI=1S/C21H31N3O4S.C16H27NO2.C5H5ClN2O2S/c1-20(2,3)28-19(25)24-15-16(13-21(24,4)5)9-7-6-8-10-17-11-12-18(14-23-17)29(22,26)27;1-7-8-9-10-13-11-16(5,6)17(12-13)14(18)19-15(2,3)4;6-5-2-1-4(3-8-5)11(7,9)10/h11-12,14,16H,6-7,9,13,15H2,1-5H3,(H2,22,26,27);1,13H,8-12H2,2-6H3;1-3H,(H2,7,9,10). The zero-order valence-corrected chi connectivity index (χ0v) is 38.6. The average Bonchev–Trinajstić information content (AvgIpc) is 3.56. The van der Waals surface area contributed by atoms with E-state index in [2.05, 4.69) is 55.4 Å². The van der Waals surface area contributed by atoms with Gasteiger partial charge in [-0.1, -0.05) is 17.5 Å². The number of hydrogen-bond donors (Lipinski definition) is 2. The molecule has 4 rings (SSSR count). The summed E-state index contributed by atoms with van der Waals surface area (Å²) in [5.74, 6) is 9.64. The van der Waals surface area contributed by atoms with Gasteiger partial charge in [0.05, 0.1) is 0 Å². The Morgan fingerprint density at radius 2 is 1.20 bits per heavy atom. The van der Waals surface area contributed by atoms with Crippen molar-refractivity contribution in [1.82, 2.24) is 19.8 Å².